The highest BCUT2D eigenvalue weighted by Crippen LogP contribution is 2.23. The van der Waals surface area contributed by atoms with Gasteiger partial charge in [-0.2, -0.15) is 5.10 Å². The summed E-state index contributed by atoms with van der Waals surface area (Å²) >= 11 is 3.69. The van der Waals surface area contributed by atoms with Crippen molar-refractivity contribution in [2.75, 3.05) is 7.05 Å². The van der Waals surface area contributed by atoms with Crippen molar-refractivity contribution in [3.63, 3.8) is 0 Å². The van der Waals surface area contributed by atoms with Crippen LogP contribution in [-0.2, 0) is 19.9 Å². The quantitative estimate of drug-likeness (QED) is 0.836. The molecule has 1 N–H and O–H groups in total. The topological polar surface area (TPSA) is 29.9 Å². The van der Waals surface area contributed by atoms with Crippen LogP contribution in [-0.4, -0.2) is 22.9 Å². The molecule has 0 bridgehead atoms. The average Bonchev–Trinajstić information content (AvgIpc) is 2.60. The summed E-state index contributed by atoms with van der Waals surface area (Å²) in [6.07, 6.45) is 4.49. The van der Waals surface area contributed by atoms with E-state index in [1.54, 1.807) is 0 Å². The number of likely N-dealkylation sites (N-methyl/N-ethyl adjacent to an activating group) is 1. The molecule has 0 amide bonds. The number of nitrogens with zero attached hydrogens (tertiary/aromatic N) is 2. The predicted molar refractivity (Wildman–Crippen MR) is 80.9 cm³/mol. The Hall–Kier alpha value is -0.350. The zero-order valence-electron chi connectivity index (χ0n) is 12.3. The molecule has 18 heavy (non-hydrogen) atoms. The minimum absolute atomic E-state index is 0.531. The van der Waals surface area contributed by atoms with Gasteiger partial charge in [0.05, 0.1) is 15.9 Å². The van der Waals surface area contributed by atoms with Gasteiger partial charge < -0.3 is 5.32 Å². The smallest absolute Gasteiger partial charge is 0.0766 e. The summed E-state index contributed by atoms with van der Waals surface area (Å²) in [6, 6.07) is 0.531. The van der Waals surface area contributed by atoms with Crippen LogP contribution in [0.5, 0.6) is 0 Å². The zero-order chi connectivity index (χ0) is 13.7. The molecule has 104 valence electrons. The summed E-state index contributed by atoms with van der Waals surface area (Å²) < 4.78 is 3.21. The lowest BCUT2D eigenvalue weighted by molar-refractivity contribution is 0.442. The zero-order valence-corrected chi connectivity index (χ0v) is 13.8. The van der Waals surface area contributed by atoms with Crippen molar-refractivity contribution >= 4 is 15.9 Å². The van der Waals surface area contributed by atoms with Crippen LogP contribution in [0.1, 0.15) is 45.0 Å². The second-order valence-electron chi connectivity index (χ2n) is 5.35. The van der Waals surface area contributed by atoms with Crippen molar-refractivity contribution in [2.24, 2.45) is 13.0 Å². The number of nitrogens with one attached hydrogen (secondary N) is 1. The van der Waals surface area contributed by atoms with E-state index in [1.807, 2.05) is 11.7 Å². The molecule has 0 saturated heterocycles. The van der Waals surface area contributed by atoms with Crippen LogP contribution in [0.4, 0.5) is 0 Å². The fraction of sp³-hybridized carbons (Fsp3) is 0.786. The summed E-state index contributed by atoms with van der Waals surface area (Å²) in [5, 5.41) is 7.98. The molecule has 1 atom stereocenters. The van der Waals surface area contributed by atoms with Crippen molar-refractivity contribution in [1.82, 2.24) is 15.1 Å². The van der Waals surface area contributed by atoms with Gasteiger partial charge in [-0.15, -0.1) is 0 Å². The maximum Gasteiger partial charge on any atom is 0.0766 e. The third-order valence-electron chi connectivity index (χ3n) is 3.44. The van der Waals surface area contributed by atoms with E-state index in [-0.39, 0.29) is 0 Å². The molecule has 1 aromatic rings. The highest BCUT2D eigenvalue weighted by molar-refractivity contribution is 9.10. The maximum absolute atomic E-state index is 4.55. The van der Waals surface area contributed by atoms with E-state index in [0.29, 0.717) is 6.04 Å². The third kappa shape index (κ3) is 4.09. The van der Waals surface area contributed by atoms with E-state index >= 15 is 0 Å². The van der Waals surface area contributed by atoms with Gasteiger partial charge in [0, 0.05) is 19.5 Å². The fourth-order valence-electron chi connectivity index (χ4n) is 2.16. The molecular formula is C14H26BrN3. The molecule has 0 fully saturated rings. The number of aryl methyl sites for hydroxylation is 2. The Morgan fingerprint density at radius 2 is 2.00 bits per heavy atom. The first kappa shape index (κ1) is 15.7. The first-order chi connectivity index (χ1) is 8.49. The second kappa shape index (κ2) is 7.29. The first-order valence-electron chi connectivity index (χ1n) is 6.87. The Morgan fingerprint density at radius 1 is 1.33 bits per heavy atom. The molecule has 4 heteroatoms. The van der Waals surface area contributed by atoms with Gasteiger partial charge in [-0.25, -0.2) is 0 Å². The van der Waals surface area contributed by atoms with E-state index in [0.717, 1.165) is 24.5 Å². The summed E-state index contributed by atoms with van der Waals surface area (Å²) in [5.41, 5.74) is 2.46. The van der Waals surface area contributed by atoms with Crippen LogP contribution < -0.4 is 5.32 Å². The minimum atomic E-state index is 0.531. The van der Waals surface area contributed by atoms with Gasteiger partial charge in [-0.1, -0.05) is 20.8 Å². The molecule has 1 aromatic heterocycles. The minimum Gasteiger partial charge on any atom is -0.317 e. The first-order valence-corrected chi connectivity index (χ1v) is 7.66. The van der Waals surface area contributed by atoms with Gasteiger partial charge in [0.1, 0.15) is 0 Å². The number of aromatic nitrogens is 2. The standard InChI is InChI=1S/C14H26BrN3/c1-6-12-14(15)13(18(5)17-12)9-11(16-4)8-7-10(2)3/h10-11,16H,6-9H2,1-5H3. The lowest BCUT2D eigenvalue weighted by Crippen LogP contribution is -2.29. The number of halogens is 1. The molecule has 0 radical (unpaired) electrons. The average molecular weight is 316 g/mol. The van der Waals surface area contributed by atoms with Crippen molar-refractivity contribution in [1.29, 1.82) is 0 Å². The Kier molecular flexibility index (Phi) is 6.36. The van der Waals surface area contributed by atoms with Gasteiger partial charge in [-0.3, -0.25) is 4.68 Å². The van der Waals surface area contributed by atoms with Crippen LogP contribution in [0.2, 0.25) is 0 Å². The molecule has 0 aliphatic heterocycles. The Morgan fingerprint density at radius 3 is 2.44 bits per heavy atom. The van der Waals surface area contributed by atoms with E-state index in [1.165, 1.54) is 23.0 Å². The second-order valence-corrected chi connectivity index (χ2v) is 6.14. The van der Waals surface area contributed by atoms with Crippen LogP contribution in [0.3, 0.4) is 0 Å². The van der Waals surface area contributed by atoms with Crippen molar-refractivity contribution < 1.29 is 0 Å². The molecule has 0 spiro atoms. The van der Waals surface area contributed by atoms with Crippen molar-refractivity contribution in [3.8, 4) is 0 Å². The van der Waals surface area contributed by atoms with Gasteiger partial charge in [-0.05, 0) is 48.2 Å². The number of rotatable bonds is 7. The van der Waals surface area contributed by atoms with Gasteiger partial charge in [0.2, 0.25) is 0 Å². The third-order valence-corrected chi connectivity index (χ3v) is 4.36. The van der Waals surface area contributed by atoms with E-state index in [4.69, 9.17) is 0 Å². The fourth-order valence-corrected chi connectivity index (χ4v) is 2.94. The van der Waals surface area contributed by atoms with Crippen LogP contribution in [0.15, 0.2) is 4.47 Å². The molecule has 3 nitrogen and oxygen atoms in total. The van der Waals surface area contributed by atoms with E-state index in [2.05, 4.69) is 54.2 Å². The Balaban J connectivity index is 2.72. The molecule has 0 aromatic carbocycles. The lowest BCUT2D eigenvalue weighted by Gasteiger charge is -2.17. The predicted octanol–water partition coefficient (Wildman–Crippen LogP) is 3.31. The summed E-state index contributed by atoms with van der Waals surface area (Å²) in [7, 11) is 4.09. The van der Waals surface area contributed by atoms with E-state index in [9.17, 15) is 0 Å². The normalized spacial score (nSPS) is 13.3. The number of hydrogen-bond acceptors (Lipinski definition) is 2. The molecule has 1 heterocycles. The summed E-state index contributed by atoms with van der Waals surface area (Å²) in [4.78, 5) is 0. The maximum atomic E-state index is 4.55. The Bertz CT molecular complexity index is 371. The molecule has 1 rings (SSSR count). The SMILES string of the molecule is CCc1nn(C)c(CC(CCC(C)C)NC)c1Br. The highest BCUT2D eigenvalue weighted by atomic mass is 79.9. The summed E-state index contributed by atoms with van der Waals surface area (Å²) in [5.74, 6) is 0.766. The molecule has 1 unspecified atom stereocenters. The Labute approximate surface area is 119 Å². The summed E-state index contributed by atoms with van der Waals surface area (Å²) in [6.45, 7) is 6.70. The largest absolute Gasteiger partial charge is 0.317 e. The highest BCUT2D eigenvalue weighted by Gasteiger charge is 2.16. The van der Waals surface area contributed by atoms with Gasteiger partial charge >= 0.3 is 0 Å². The van der Waals surface area contributed by atoms with Crippen molar-refractivity contribution in [2.45, 2.75) is 52.5 Å². The van der Waals surface area contributed by atoms with Crippen LogP contribution in [0, 0.1) is 5.92 Å². The molecular weight excluding hydrogens is 290 g/mol. The lowest BCUT2D eigenvalue weighted by atomic mass is 10.00. The molecule has 0 aliphatic rings. The molecule has 0 aliphatic carbocycles. The van der Waals surface area contributed by atoms with Gasteiger partial charge in [0.15, 0.2) is 0 Å². The van der Waals surface area contributed by atoms with Crippen LogP contribution in [0.25, 0.3) is 0 Å². The van der Waals surface area contributed by atoms with Crippen LogP contribution >= 0.6 is 15.9 Å². The number of hydrogen-bond donors (Lipinski definition) is 1. The van der Waals surface area contributed by atoms with Crippen molar-refractivity contribution in [3.05, 3.63) is 15.9 Å². The molecule has 0 saturated carbocycles. The van der Waals surface area contributed by atoms with E-state index < -0.39 is 0 Å². The van der Waals surface area contributed by atoms with Gasteiger partial charge in [0.25, 0.3) is 0 Å². The monoisotopic (exact) mass is 315 g/mol.